The lowest BCUT2D eigenvalue weighted by molar-refractivity contribution is 1.31. The molecule has 9 rings (SSSR count). The number of fused-ring (bicyclic) bond motifs is 9. The van der Waals surface area contributed by atoms with Gasteiger partial charge in [-0.3, -0.25) is 4.40 Å². The van der Waals surface area contributed by atoms with Gasteiger partial charge in [0.15, 0.2) is 0 Å². The fourth-order valence-electron chi connectivity index (χ4n) is 7.30. The Morgan fingerprint density at radius 1 is 0.479 bits per heavy atom. The second kappa shape index (κ2) is 11.5. The summed E-state index contributed by atoms with van der Waals surface area (Å²) in [5, 5.41) is 6.07. The molecule has 0 aliphatic rings. The van der Waals surface area contributed by atoms with Gasteiger partial charge in [0.2, 0.25) is 0 Å². The van der Waals surface area contributed by atoms with Gasteiger partial charge in [-0.2, -0.15) is 0 Å². The molecule has 2 heteroatoms. The maximum absolute atomic E-state index is 5.07. The van der Waals surface area contributed by atoms with Gasteiger partial charge in [-0.1, -0.05) is 146 Å². The lowest BCUT2D eigenvalue weighted by Crippen LogP contribution is -1.94. The van der Waals surface area contributed by atoms with Gasteiger partial charge < -0.3 is 0 Å². The summed E-state index contributed by atoms with van der Waals surface area (Å²) in [4.78, 5) is 5.07. The predicted octanol–water partition coefficient (Wildman–Crippen LogP) is 12.5. The van der Waals surface area contributed by atoms with Gasteiger partial charge in [0, 0.05) is 10.8 Å². The fourth-order valence-corrected chi connectivity index (χ4v) is 7.30. The zero-order valence-electron chi connectivity index (χ0n) is 26.6. The first-order chi connectivity index (χ1) is 23.8. The van der Waals surface area contributed by atoms with Crippen LogP contribution in [0, 0.1) is 0 Å². The molecule has 0 saturated carbocycles. The van der Waals surface area contributed by atoms with Crippen LogP contribution in [0.2, 0.25) is 0 Å². The smallest absolute Gasteiger partial charge is 0.146 e. The highest BCUT2D eigenvalue weighted by Crippen LogP contribution is 2.42. The van der Waals surface area contributed by atoms with E-state index in [2.05, 4.69) is 187 Å². The van der Waals surface area contributed by atoms with Crippen LogP contribution in [0.4, 0.5) is 0 Å². The van der Waals surface area contributed by atoms with Gasteiger partial charge in [0.25, 0.3) is 0 Å². The van der Waals surface area contributed by atoms with E-state index in [9.17, 15) is 0 Å². The van der Waals surface area contributed by atoms with E-state index in [1.165, 1.54) is 60.5 Å². The number of pyridine rings is 1. The summed E-state index contributed by atoms with van der Waals surface area (Å²) in [7, 11) is 0. The van der Waals surface area contributed by atoms with E-state index >= 15 is 0 Å². The zero-order valence-corrected chi connectivity index (χ0v) is 26.6. The average Bonchev–Trinajstić information content (AvgIpc) is 3.55. The number of para-hydroxylation sites is 2. The molecule has 226 valence electrons. The molecule has 0 aliphatic carbocycles. The molecule has 0 radical (unpaired) electrons. The van der Waals surface area contributed by atoms with Crippen molar-refractivity contribution < 1.29 is 0 Å². The van der Waals surface area contributed by atoms with Crippen LogP contribution in [-0.2, 0) is 0 Å². The third kappa shape index (κ3) is 4.53. The van der Waals surface area contributed by atoms with E-state index in [4.69, 9.17) is 4.98 Å². The Morgan fingerprint density at radius 3 is 1.94 bits per heavy atom. The fraction of sp³-hybridized carbons (Fsp3) is 0.0217. The zero-order chi connectivity index (χ0) is 32.0. The SMILES string of the molecule is C/C=C\C=C/c1cc(-c2ccc3c(c2)c2ccccc2c2nc4ccccc4n32)c2ccccc2c1-c1ccc(-c2ccccc2)cc1. The van der Waals surface area contributed by atoms with Gasteiger partial charge >= 0.3 is 0 Å². The second-order valence-electron chi connectivity index (χ2n) is 12.3. The molecule has 48 heavy (non-hydrogen) atoms. The van der Waals surface area contributed by atoms with Gasteiger partial charge in [0.05, 0.1) is 16.6 Å². The highest BCUT2D eigenvalue weighted by atomic mass is 15.0. The molecule has 0 fully saturated rings. The van der Waals surface area contributed by atoms with Crippen molar-refractivity contribution in [3.63, 3.8) is 0 Å². The number of aromatic nitrogens is 2. The summed E-state index contributed by atoms with van der Waals surface area (Å²) in [5.74, 6) is 0. The van der Waals surface area contributed by atoms with Crippen molar-refractivity contribution in [2.45, 2.75) is 6.92 Å². The lowest BCUT2D eigenvalue weighted by Gasteiger charge is -2.17. The molecule has 2 heterocycles. The Hall–Kier alpha value is -6.25. The van der Waals surface area contributed by atoms with Gasteiger partial charge in [-0.25, -0.2) is 4.98 Å². The van der Waals surface area contributed by atoms with E-state index in [0.29, 0.717) is 0 Å². The van der Waals surface area contributed by atoms with Crippen molar-refractivity contribution >= 4 is 55.2 Å². The van der Waals surface area contributed by atoms with Crippen LogP contribution in [0.25, 0.3) is 88.6 Å². The molecule has 0 amide bonds. The van der Waals surface area contributed by atoms with Crippen LogP contribution < -0.4 is 0 Å². The first-order valence-electron chi connectivity index (χ1n) is 16.5. The summed E-state index contributed by atoms with van der Waals surface area (Å²) in [5.41, 5.74) is 12.8. The van der Waals surface area contributed by atoms with Crippen molar-refractivity contribution in [3.8, 4) is 33.4 Å². The number of imidazole rings is 1. The second-order valence-corrected chi connectivity index (χ2v) is 12.3. The number of hydrogen-bond acceptors (Lipinski definition) is 1. The maximum Gasteiger partial charge on any atom is 0.146 e. The van der Waals surface area contributed by atoms with Crippen molar-refractivity contribution in [2.24, 2.45) is 0 Å². The minimum Gasteiger partial charge on any atom is -0.292 e. The predicted molar refractivity (Wildman–Crippen MR) is 205 cm³/mol. The number of hydrogen-bond donors (Lipinski definition) is 0. The molecule has 0 bridgehead atoms. The van der Waals surface area contributed by atoms with Crippen LogP contribution in [0.1, 0.15) is 12.5 Å². The number of benzene rings is 7. The summed E-state index contributed by atoms with van der Waals surface area (Å²) in [6.45, 7) is 2.05. The van der Waals surface area contributed by atoms with E-state index in [1.807, 2.05) is 0 Å². The van der Waals surface area contributed by atoms with Crippen LogP contribution in [0.3, 0.4) is 0 Å². The lowest BCUT2D eigenvalue weighted by atomic mass is 9.87. The molecular formula is C46H32N2. The molecule has 0 aliphatic heterocycles. The maximum atomic E-state index is 5.07. The normalized spacial score (nSPS) is 12.1. The Kier molecular flexibility index (Phi) is 6.72. The molecule has 0 atom stereocenters. The third-order valence-corrected chi connectivity index (χ3v) is 9.50. The Bertz CT molecular complexity index is 2710. The number of nitrogens with zero attached hydrogens (tertiary/aromatic N) is 2. The first kappa shape index (κ1) is 28.0. The minimum absolute atomic E-state index is 0.997. The molecule has 0 spiro atoms. The van der Waals surface area contributed by atoms with Crippen molar-refractivity contribution in [2.75, 3.05) is 0 Å². The van der Waals surface area contributed by atoms with Crippen LogP contribution in [0.5, 0.6) is 0 Å². The largest absolute Gasteiger partial charge is 0.292 e. The molecule has 2 aromatic heterocycles. The summed E-state index contributed by atoms with van der Waals surface area (Å²) >= 11 is 0. The van der Waals surface area contributed by atoms with Crippen molar-refractivity contribution in [1.29, 1.82) is 0 Å². The molecule has 2 nitrogen and oxygen atoms in total. The van der Waals surface area contributed by atoms with E-state index in [0.717, 1.165) is 27.6 Å². The summed E-state index contributed by atoms with van der Waals surface area (Å²) < 4.78 is 2.32. The van der Waals surface area contributed by atoms with Gasteiger partial charge in [-0.05, 0) is 92.4 Å². The molecular weight excluding hydrogens is 581 g/mol. The highest BCUT2D eigenvalue weighted by molar-refractivity contribution is 6.16. The van der Waals surface area contributed by atoms with E-state index in [1.54, 1.807) is 0 Å². The van der Waals surface area contributed by atoms with Crippen molar-refractivity contribution in [1.82, 2.24) is 9.38 Å². The van der Waals surface area contributed by atoms with Gasteiger partial charge in [0.1, 0.15) is 5.65 Å². The van der Waals surface area contributed by atoms with E-state index in [-0.39, 0.29) is 0 Å². The van der Waals surface area contributed by atoms with Crippen LogP contribution in [0.15, 0.2) is 170 Å². The monoisotopic (exact) mass is 612 g/mol. The van der Waals surface area contributed by atoms with E-state index < -0.39 is 0 Å². The standard InChI is InChI=1S/C46H32N2/c1-2-3-5-16-35-30-40(36-17-8-10-19-38(36)45(35)33-25-23-32(24-26-33)31-14-6-4-7-15-31)34-27-28-43-41(29-34)37-18-9-11-20-39(37)46-47-42-21-12-13-22-44(42)48(43)46/h2-30H,1H3/b3-2-,16-5-. The van der Waals surface area contributed by atoms with Crippen molar-refractivity contribution in [3.05, 3.63) is 175 Å². The average molecular weight is 613 g/mol. The summed E-state index contributed by atoms with van der Waals surface area (Å²) in [6.07, 6.45) is 8.56. The first-order valence-corrected chi connectivity index (χ1v) is 16.5. The molecule has 0 unspecified atom stereocenters. The molecule has 9 aromatic rings. The number of allylic oxidation sites excluding steroid dienone is 3. The summed E-state index contributed by atoms with van der Waals surface area (Å²) in [6, 6.07) is 54.8. The highest BCUT2D eigenvalue weighted by Gasteiger charge is 2.17. The number of rotatable bonds is 5. The quantitative estimate of drug-likeness (QED) is 0.140. The van der Waals surface area contributed by atoms with Crippen LogP contribution >= 0.6 is 0 Å². The topological polar surface area (TPSA) is 17.3 Å². The molecule has 7 aromatic carbocycles. The third-order valence-electron chi connectivity index (χ3n) is 9.50. The molecule has 0 N–H and O–H groups in total. The van der Waals surface area contributed by atoms with Crippen LogP contribution in [-0.4, -0.2) is 9.38 Å². The molecule has 0 saturated heterocycles. The Labute approximate surface area is 279 Å². The Balaban J connectivity index is 1.30. The minimum atomic E-state index is 0.997. The Morgan fingerprint density at radius 2 is 1.12 bits per heavy atom. The van der Waals surface area contributed by atoms with Gasteiger partial charge in [-0.15, -0.1) is 0 Å².